The summed E-state index contributed by atoms with van der Waals surface area (Å²) in [5.41, 5.74) is 1.24. The Morgan fingerprint density at radius 3 is 2.83 bits per heavy atom. The highest BCUT2D eigenvalue weighted by molar-refractivity contribution is 5.48. The van der Waals surface area contributed by atoms with Crippen LogP contribution in [0.15, 0.2) is 18.2 Å². The number of hydrogen-bond donors (Lipinski definition) is 1. The van der Waals surface area contributed by atoms with E-state index in [9.17, 15) is 4.39 Å². The number of nitriles is 1. The molecule has 1 aromatic carbocycles. The van der Waals surface area contributed by atoms with Gasteiger partial charge < -0.3 is 5.32 Å². The van der Waals surface area contributed by atoms with Gasteiger partial charge in [0.2, 0.25) is 0 Å². The first kappa shape index (κ1) is 12.9. The summed E-state index contributed by atoms with van der Waals surface area (Å²) in [6.45, 7) is 4.56. The number of rotatable bonds is 2. The second-order valence-corrected chi connectivity index (χ2v) is 5.91. The second kappa shape index (κ2) is 4.97. The summed E-state index contributed by atoms with van der Waals surface area (Å²) in [7, 11) is 0. The van der Waals surface area contributed by atoms with Crippen LogP contribution in [0.2, 0.25) is 0 Å². The van der Waals surface area contributed by atoms with E-state index in [4.69, 9.17) is 5.26 Å². The second-order valence-electron chi connectivity index (χ2n) is 5.91. The molecule has 3 heteroatoms. The average Bonchev–Trinajstić information content (AvgIpc) is 2.28. The molecule has 1 fully saturated rings. The molecule has 96 valence electrons. The summed E-state index contributed by atoms with van der Waals surface area (Å²) in [6, 6.07) is 6.97. The van der Waals surface area contributed by atoms with Crippen molar-refractivity contribution in [1.29, 1.82) is 5.26 Å². The van der Waals surface area contributed by atoms with Crippen LogP contribution in [-0.4, -0.2) is 6.04 Å². The summed E-state index contributed by atoms with van der Waals surface area (Å²) in [6.07, 6.45) is 4.70. The maximum absolute atomic E-state index is 13.5. The maximum Gasteiger partial charge on any atom is 0.143 e. The number of nitrogens with one attached hydrogen (secondary N) is 1. The van der Waals surface area contributed by atoms with Crippen LogP contribution in [0, 0.1) is 22.6 Å². The zero-order chi connectivity index (χ0) is 13.2. The molecule has 0 heterocycles. The Balaban J connectivity index is 2.06. The smallest absolute Gasteiger partial charge is 0.143 e. The van der Waals surface area contributed by atoms with Gasteiger partial charge in [0.25, 0.3) is 0 Å². The highest BCUT2D eigenvalue weighted by Crippen LogP contribution is 2.36. The predicted octanol–water partition coefficient (Wildman–Crippen LogP) is 4.08. The third-order valence-corrected chi connectivity index (χ3v) is 3.67. The van der Waals surface area contributed by atoms with Crippen molar-refractivity contribution in [2.75, 3.05) is 5.32 Å². The molecule has 1 saturated carbocycles. The Bertz CT molecular complexity index is 474. The van der Waals surface area contributed by atoms with Crippen molar-refractivity contribution in [2.24, 2.45) is 5.41 Å². The van der Waals surface area contributed by atoms with E-state index in [1.807, 2.05) is 6.07 Å². The summed E-state index contributed by atoms with van der Waals surface area (Å²) >= 11 is 0. The quantitative estimate of drug-likeness (QED) is 0.853. The first-order valence-corrected chi connectivity index (χ1v) is 6.46. The van der Waals surface area contributed by atoms with Crippen LogP contribution in [0.25, 0.3) is 0 Å². The number of anilines is 1. The fourth-order valence-electron chi connectivity index (χ4n) is 2.75. The van der Waals surface area contributed by atoms with Crippen LogP contribution in [0.3, 0.4) is 0 Å². The molecule has 1 aliphatic carbocycles. The molecular weight excluding hydrogens is 227 g/mol. The van der Waals surface area contributed by atoms with Crippen molar-refractivity contribution in [1.82, 2.24) is 0 Å². The normalized spacial score (nSPS) is 22.2. The van der Waals surface area contributed by atoms with Crippen LogP contribution in [-0.2, 0) is 0 Å². The molecule has 1 unspecified atom stereocenters. The highest BCUT2D eigenvalue weighted by Gasteiger charge is 2.27. The SMILES string of the molecule is CC1(C)CCCC(Nc2ccc(C#N)c(F)c2)C1. The van der Waals surface area contributed by atoms with Crippen LogP contribution >= 0.6 is 0 Å². The van der Waals surface area contributed by atoms with Gasteiger partial charge in [0.15, 0.2) is 0 Å². The van der Waals surface area contributed by atoms with E-state index in [2.05, 4.69) is 19.2 Å². The fourth-order valence-corrected chi connectivity index (χ4v) is 2.75. The molecule has 2 nitrogen and oxygen atoms in total. The van der Waals surface area contributed by atoms with E-state index in [0.29, 0.717) is 11.5 Å². The van der Waals surface area contributed by atoms with Crippen molar-refractivity contribution in [3.8, 4) is 6.07 Å². The van der Waals surface area contributed by atoms with Crippen LogP contribution in [0.5, 0.6) is 0 Å². The van der Waals surface area contributed by atoms with E-state index >= 15 is 0 Å². The molecule has 2 rings (SSSR count). The van der Waals surface area contributed by atoms with Crippen molar-refractivity contribution in [2.45, 2.75) is 45.6 Å². The predicted molar refractivity (Wildman–Crippen MR) is 70.8 cm³/mol. The largest absolute Gasteiger partial charge is 0.382 e. The molecule has 1 N–H and O–H groups in total. The number of benzene rings is 1. The number of hydrogen-bond acceptors (Lipinski definition) is 2. The Morgan fingerprint density at radius 1 is 1.44 bits per heavy atom. The maximum atomic E-state index is 13.5. The van der Waals surface area contributed by atoms with E-state index in [0.717, 1.165) is 18.5 Å². The molecular formula is C15H19FN2. The lowest BCUT2D eigenvalue weighted by Gasteiger charge is -2.36. The van der Waals surface area contributed by atoms with Crippen LogP contribution < -0.4 is 5.32 Å². The summed E-state index contributed by atoms with van der Waals surface area (Å²) < 4.78 is 13.5. The Morgan fingerprint density at radius 2 is 2.22 bits per heavy atom. The van der Waals surface area contributed by atoms with Gasteiger partial charge >= 0.3 is 0 Å². The molecule has 1 aliphatic rings. The minimum absolute atomic E-state index is 0.101. The third kappa shape index (κ3) is 3.01. The van der Waals surface area contributed by atoms with Gasteiger partial charge in [-0.25, -0.2) is 4.39 Å². The lowest BCUT2D eigenvalue weighted by Crippen LogP contribution is -2.31. The van der Waals surface area contributed by atoms with Gasteiger partial charge in [-0.15, -0.1) is 0 Å². The van der Waals surface area contributed by atoms with Gasteiger partial charge in [-0.3, -0.25) is 0 Å². The van der Waals surface area contributed by atoms with Crippen molar-refractivity contribution in [3.63, 3.8) is 0 Å². The van der Waals surface area contributed by atoms with Crippen LogP contribution in [0.1, 0.15) is 45.1 Å². The molecule has 0 radical (unpaired) electrons. The fraction of sp³-hybridized carbons (Fsp3) is 0.533. The van der Waals surface area contributed by atoms with Crippen molar-refractivity contribution in [3.05, 3.63) is 29.6 Å². The lowest BCUT2D eigenvalue weighted by atomic mass is 9.75. The monoisotopic (exact) mass is 246 g/mol. The number of nitrogens with zero attached hydrogens (tertiary/aromatic N) is 1. The van der Waals surface area contributed by atoms with E-state index in [-0.39, 0.29) is 5.56 Å². The first-order chi connectivity index (χ1) is 8.50. The standard InChI is InChI=1S/C15H19FN2/c1-15(2)7-3-4-13(9-15)18-12-6-5-11(10-17)14(16)8-12/h5-6,8,13,18H,3-4,7,9H2,1-2H3. The highest BCUT2D eigenvalue weighted by atomic mass is 19.1. The van der Waals surface area contributed by atoms with Gasteiger partial charge in [0.05, 0.1) is 5.56 Å². The topological polar surface area (TPSA) is 35.8 Å². The lowest BCUT2D eigenvalue weighted by molar-refractivity contribution is 0.229. The van der Waals surface area contributed by atoms with E-state index in [1.54, 1.807) is 6.07 Å². The van der Waals surface area contributed by atoms with E-state index in [1.165, 1.54) is 25.0 Å². The molecule has 1 aromatic rings. The van der Waals surface area contributed by atoms with Gasteiger partial charge in [-0.2, -0.15) is 5.26 Å². The van der Waals surface area contributed by atoms with Gasteiger partial charge in [0.1, 0.15) is 11.9 Å². The van der Waals surface area contributed by atoms with Gasteiger partial charge in [-0.1, -0.05) is 20.3 Å². The molecule has 0 aromatic heterocycles. The van der Waals surface area contributed by atoms with Crippen LogP contribution in [0.4, 0.5) is 10.1 Å². The minimum atomic E-state index is -0.447. The van der Waals surface area contributed by atoms with Crippen molar-refractivity contribution < 1.29 is 4.39 Å². The molecule has 18 heavy (non-hydrogen) atoms. The summed E-state index contributed by atoms with van der Waals surface area (Å²) in [4.78, 5) is 0. The Kier molecular flexibility index (Phi) is 3.56. The molecule has 0 spiro atoms. The third-order valence-electron chi connectivity index (χ3n) is 3.67. The minimum Gasteiger partial charge on any atom is -0.382 e. The Hall–Kier alpha value is -1.56. The molecule has 0 saturated heterocycles. The Labute approximate surface area is 108 Å². The average molecular weight is 246 g/mol. The zero-order valence-electron chi connectivity index (χ0n) is 11.0. The van der Waals surface area contributed by atoms with Gasteiger partial charge in [-0.05, 0) is 42.9 Å². The number of halogens is 1. The van der Waals surface area contributed by atoms with Gasteiger partial charge in [0, 0.05) is 11.7 Å². The molecule has 1 atom stereocenters. The first-order valence-electron chi connectivity index (χ1n) is 6.46. The molecule has 0 amide bonds. The molecule has 0 bridgehead atoms. The van der Waals surface area contributed by atoms with E-state index < -0.39 is 5.82 Å². The molecule has 0 aliphatic heterocycles. The summed E-state index contributed by atoms with van der Waals surface area (Å²) in [5.74, 6) is -0.447. The zero-order valence-corrected chi connectivity index (χ0v) is 11.0. The van der Waals surface area contributed by atoms with Crippen molar-refractivity contribution >= 4 is 5.69 Å². The summed E-state index contributed by atoms with van der Waals surface area (Å²) in [5, 5.41) is 12.1.